The van der Waals surface area contributed by atoms with Gasteiger partial charge in [-0.3, -0.25) is 9.69 Å². The van der Waals surface area contributed by atoms with Crippen molar-refractivity contribution in [2.75, 3.05) is 19.6 Å². The zero-order valence-electron chi connectivity index (χ0n) is 15.1. The first-order chi connectivity index (χ1) is 12.2. The fourth-order valence-electron chi connectivity index (χ4n) is 3.52. The minimum Gasteiger partial charge on any atom is -0.350 e. The third-order valence-electron chi connectivity index (χ3n) is 4.99. The van der Waals surface area contributed by atoms with Crippen molar-refractivity contribution in [1.82, 2.24) is 15.5 Å². The molecule has 132 valence electrons. The Balaban J connectivity index is 1.71. The SMILES string of the molecule is CCN(CC)C(CNC(=O)c1ccc2c(c1)CNC2)c1ccccc1. The number of nitrogens with one attached hydrogen (secondary N) is 2. The predicted octanol–water partition coefficient (Wildman–Crippen LogP) is 3.10. The second-order valence-electron chi connectivity index (χ2n) is 6.44. The Hall–Kier alpha value is -2.17. The van der Waals surface area contributed by atoms with Gasteiger partial charge in [-0.15, -0.1) is 0 Å². The number of nitrogens with zero attached hydrogens (tertiary/aromatic N) is 1. The number of likely N-dealkylation sites (N-methyl/N-ethyl adjacent to an activating group) is 1. The van der Waals surface area contributed by atoms with E-state index in [1.165, 1.54) is 16.7 Å². The van der Waals surface area contributed by atoms with Crippen LogP contribution in [-0.2, 0) is 13.1 Å². The van der Waals surface area contributed by atoms with Crippen molar-refractivity contribution in [3.05, 3.63) is 70.8 Å². The van der Waals surface area contributed by atoms with Crippen LogP contribution in [0.25, 0.3) is 0 Å². The third-order valence-corrected chi connectivity index (χ3v) is 4.99. The van der Waals surface area contributed by atoms with Crippen LogP contribution < -0.4 is 10.6 Å². The van der Waals surface area contributed by atoms with Crippen LogP contribution in [0.15, 0.2) is 48.5 Å². The van der Waals surface area contributed by atoms with Gasteiger partial charge in [-0.1, -0.05) is 50.2 Å². The van der Waals surface area contributed by atoms with Crippen LogP contribution >= 0.6 is 0 Å². The fraction of sp³-hybridized carbons (Fsp3) is 0.381. The van der Waals surface area contributed by atoms with Gasteiger partial charge in [-0.2, -0.15) is 0 Å². The van der Waals surface area contributed by atoms with Crippen molar-refractivity contribution in [1.29, 1.82) is 0 Å². The van der Waals surface area contributed by atoms with Crippen molar-refractivity contribution in [3.63, 3.8) is 0 Å². The smallest absolute Gasteiger partial charge is 0.251 e. The number of hydrogen-bond donors (Lipinski definition) is 2. The largest absolute Gasteiger partial charge is 0.350 e. The third kappa shape index (κ3) is 4.09. The summed E-state index contributed by atoms with van der Waals surface area (Å²) in [6.45, 7) is 8.59. The minimum atomic E-state index is 0.00258. The summed E-state index contributed by atoms with van der Waals surface area (Å²) in [6, 6.07) is 16.6. The molecule has 0 aliphatic carbocycles. The van der Waals surface area contributed by atoms with Gasteiger partial charge in [0.1, 0.15) is 0 Å². The number of fused-ring (bicyclic) bond motifs is 1. The molecule has 3 rings (SSSR count). The van der Waals surface area contributed by atoms with Crippen molar-refractivity contribution in [2.24, 2.45) is 0 Å². The van der Waals surface area contributed by atoms with Crippen molar-refractivity contribution in [3.8, 4) is 0 Å². The van der Waals surface area contributed by atoms with Crippen molar-refractivity contribution >= 4 is 5.91 Å². The minimum absolute atomic E-state index is 0.00258. The molecule has 2 N–H and O–H groups in total. The normalized spacial score (nSPS) is 14.4. The lowest BCUT2D eigenvalue weighted by Gasteiger charge is -2.30. The zero-order valence-corrected chi connectivity index (χ0v) is 15.1. The molecule has 0 bridgehead atoms. The lowest BCUT2D eigenvalue weighted by Crippen LogP contribution is -2.38. The number of amides is 1. The molecule has 0 spiro atoms. The Morgan fingerprint density at radius 3 is 2.52 bits per heavy atom. The van der Waals surface area contributed by atoms with E-state index >= 15 is 0 Å². The second-order valence-corrected chi connectivity index (χ2v) is 6.44. The first kappa shape index (κ1) is 17.6. The molecule has 1 heterocycles. The van der Waals surface area contributed by atoms with Gasteiger partial charge in [0, 0.05) is 25.2 Å². The molecular weight excluding hydrogens is 310 g/mol. The lowest BCUT2D eigenvalue weighted by molar-refractivity contribution is 0.0935. The van der Waals surface area contributed by atoms with Crippen molar-refractivity contribution < 1.29 is 4.79 Å². The number of carbonyl (C=O) groups is 1. The van der Waals surface area contributed by atoms with Crippen LogP contribution in [0.1, 0.15) is 46.9 Å². The van der Waals surface area contributed by atoms with E-state index in [1.54, 1.807) is 0 Å². The molecule has 0 radical (unpaired) electrons. The molecule has 0 fully saturated rings. The van der Waals surface area contributed by atoms with Crippen molar-refractivity contribution in [2.45, 2.75) is 33.0 Å². The number of rotatable bonds is 7. The molecule has 0 saturated heterocycles. The topological polar surface area (TPSA) is 44.4 Å². The summed E-state index contributed by atoms with van der Waals surface area (Å²) in [5.41, 5.74) is 4.51. The lowest BCUT2D eigenvalue weighted by atomic mass is 10.0. The van der Waals surface area contributed by atoms with Gasteiger partial charge in [0.15, 0.2) is 0 Å². The predicted molar refractivity (Wildman–Crippen MR) is 101 cm³/mol. The molecule has 0 saturated carbocycles. The molecule has 0 aromatic heterocycles. The van der Waals surface area contributed by atoms with E-state index in [1.807, 2.05) is 18.2 Å². The maximum absolute atomic E-state index is 12.6. The van der Waals surface area contributed by atoms with Crippen LogP contribution in [0.3, 0.4) is 0 Å². The molecule has 1 unspecified atom stereocenters. The van der Waals surface area contributed by atoms with Gasteiger partial charge in [-0.25, -0.2) is 0 Å². The molecule has 2 aromatic carbocycles. The summed E-state index contributed by atoms with van der Waals surface area (Å²) in [5, 5.41) is 6.45. The molecule has 4 heteroatoms. The standard InChI is InChI=1S/C21H27N3O/c1-3-24(4-2)20(16-8-6-5-7-9-16)15-23-21(25)17-10-11-18-13-22-14-19(18)12-17/h5-12,20,22H,3-4,13-15H2,1-2H3,(H,23,25). The van der Waals surface area contributed by atoms with Gasteiger partial charge in [0.25, 0.3) is 5.91 Å². The van der Waals surface area contributed by atoms with Crippen LogP contribution in [0.4, 0.5) is 0 Å². The average Bonchev–Trinajstić information content (AvgIpc) is 3.13. The molecule has 25 heavy (non-hydrogen) atoms. The highest BCUT2D eigenvalue weighted by atomic mass is 16.1. The summed E-state index contributed by atoms with van der Waals surface area (Å²) >= 11 is 0. The monoisotopic (exact) mass is 337 g/mol. The summed E-state index contributed by atoms with van der Waals surface area (Å²) in [5.74, 6) is 0.00258. The molecule has 1 aliphatic rings. The highest BCUT2D eigenvalue weighted by Crippen LogP contribution is 2.20. The number of carbonyl (C=O) groups excluding carboxylic acids is 1. The molecule has 2 aromatic rings. The maximum atomic E-state index is 12.6. The van der Waals surface area contributed by atoms with Gasteiger partial charge in [0.2, 0.25) is 0 Å². The Morgan fingerprint density at radius 1 is 1.08 bits per heavy atom. The van der Waals surface area contributed by atoms with E-state index in [2.05, 4.69) is 59.7 Å². The quantitative estimate of drug-likeness (QED) is 0.816. The van der Waals surface area contributed by atoms with E-state index in [0.717, 1.165) is 31.7 Å². The number of benzene rings is 2. The van der Waals surface area contributed by atoms with E-state index in [-0.39, 0.29) is 11.9 Å². The highest BCUT2D eigenvalue weighted by molar-refractivity contribution is 5.94. The van der Waals surface area contributed by atoms with E-state index < -0.39 is 0 Å². The summed E-state index contributed by atoms with van der Waals surface area (Å²) in [4.78, 5) is 15.0. The summed E-state index contributed by atoms with van der Waals surface area (Å²) in [6.07, 6.45) is 0. The molecule has 4 nitrogen and oxygen atoms in total. The fourth-order valence-corrected chi connectivity index (χ4v) is 3.52. The summed E-state index contributed by atoms with van der Waals surface area (Å²) in [7, 11) is 0. The maximum Gasteiger partial charge on any atom is 0.251 e. The van der Waals surface area contributed by atoms with E-state index in [4.69, 9.17) is 0 Å². The number of hydrogen-bond acceptors (Lipinski definition) is 3. The Morgan fingerprint density at radius 2 is 1.80 bits per heavy atom. The van der Waals surface area contributed by atoms with Crippen LogP contribution in [0.2, 0.25) is 0 Å². The molecule has 1 atom stereocenters. The van der Waals surface area contributed by atoms with Crippen LogP contribution in [0.5, 0.6) is 0 Å². The Bertz CT molecular complexity index is 710. The first-order valence-electron chi connectivity index (χ1n) is 9.12. The highest BCUT2D eigenvalue weighted by Gasteiger charge is 2.19. The Labute approximate surface area is 150 Å². The van der Waals surface area contributed by atoms with Gasteiger partial charge in [-0.05, 0) is 41.9 Å². The Kier molecular flexibility index (Phi) is 5.84. The zero-order chi connectivity index (χ0) is 17.6. The second kappa shape index (κ2) is 8.28. The van der Waals surface area contributed by atoms with E-state index in [9.17, 15) is 4.79 Å². The molecule has 1 aliphatic heterocycles. The van der Waals surface area contributed by atoms with Crippen LogP contribution in [0, 0.1) is 0 Å². The van der Waals surface area contributed by atoms with Gasteiger partial charge in [0.05, 0.1) is 6.04 Å². The van der Waals surface area contributed by atoms with Gasteiger partial charge >= 0.3 is 0 Å². The summed E-state index contributed by atoms with van der Waals surface area (Å²) < 4.78 is 0. The molecular formula is C21H27N3O. The first-order valence-corrected chi connectivity index (χ1v) is 9.12. The van der Waals surface area contributed by atoms with Crippen LogP contribution in [-0.4, -0.2) is 30.4 Å². The molecule has 1 amide bonds. The van der Waals surface area contributed by atoms with E-state index in [0.29, 0.717) is 6.54 Å². The average molecular weight is 337 g/mol. The van der Waals surface area contributed by atoms with Gasteiger partial charge < -0.3 is 10.6 Å².